The number of nitriles is 1. The van der Waals surface area contributed by atoms with E-state index in [0.717, 1.165) is 0 Å². The van der Waals surface area contributed by atoms with Crippen LogP contribution in [0.15, 0.2) is 15.6 Å². The number of ketones is 1. The number of carbonyl (C=O) groups is 1. The molecule has 20 heavy (non-hydrogen) atoms. The van der Waals surface area contributed by atoms with E-state index < -0.39 is 23.5 Å². The summed E-state index contributed by atoms with van der Waals surface area (Å²) in [4.78, 5) is 15.3. The van der Waals surface area contributed by atoms with Crippen molar-refractivity contribution in [2.24, 2.45) is 10.9 Å². The van der Waals surface area contributed by atoms with E-state index in [9.17, 15) is 18.0 Å². The SMILES string of the molecule is CC1=N[C@](Nc2cc(C)on2)(C(F)(F)F)C(=O)[C@H]1C#N. The van der Waals surface area contributed by atoms with Crippen molar-refractivity contribution in [3.8, 4) is 6.07 Å². The van der Waals surface area contributed by atoms with E-state index in [1.807, 2.05) is 5.32 Å². The highest BCUT2D eigenvalue weighted by Crippen LogP contribution is 2.41. The second-order valence-corrected chi connectivity index (χ2v) is 4.34. The van der Waals surface area contributed by atoms with E-state index in [0.29, 0.717) is 0 Å². The number of alkyl halides is 3. The van der Waals surface area contributed by atoms with Crippen molar-refractivity contribution in [2.75, 3.05) is 5.32 Å². The van der Waals surface area contributed by atoms with Gasteiger partial charge in [0.2, 0.25) is 5.78 Å². The van der Waals surface area contributed by atoms with Gasteiger partial charge in [-0.05, 0) is 13.8 Å². The first-order valence-electron chi connectivity index (χ1n) is 5.50. The Morgan fingerprint density at radius 2 is 2.15 bits per heavy atom. The van der Waals surface area contributed by atoms with Gasteiger partial charge in [-0.3, -0.25) is 4.79 Å². The van der Waals surface area contributed by atoms with Gasteiger partial charge in [0.1, 0.15) is 11.7 Å². The van der Waals surface area contributed by atoms with Crippen LogP contribution in [0.5, 0.6) is 0 Å². The van der Waals surface area contributed by atoms with Crippen molar-refractivity contribution in [3.63, 3.8) is 0 Å². The molecule has 0 aromatic carbocycles. The van der Waals surface area contributed by atoms with Gasteiger partial charge in [-0.2, -0.15) is 18.4 Å². The summed E-state index contributed by atoms with van der Waals surface area (Å²) in [6, 6.07) is 2.72. The zero-order valence-corrected chi connectivity index (χ0v) is 10.4. The molecule has 0 bridgehead atoms. The smallest absolute Gasteiger partial charge is 0.360 e. The molecule has 0 aliphatic carbocycles. The first-order chi connectivity index (χ1) is 9.21. The second kappa shape index (κ2) is 4.33. The number of anilines is 1. The summed E-state index contributed by atoms with van der Waals surface area (Å²) in [5, 5.41) is 14.1. The van der Waals surface area contributed by atoms with Gasteiger partial charge in [-0.15, -0.1) is 0 Å². The summed E-state index contributed by atoms with van der Waals surface area (Å²) in [6.07, 6.45) is -5.01. The molecule has 1 aromatic rings. The van der Waals surface area contributed by atoms with Crippen LogP contribution < -0.4 is 5.32 Å². The first-order valence-corrected chi connectivity index (χ1v) is 5.50. The van der Waals surface area contributed by atoms with Gasteiger partial charge in [-0.25, -0.2) is 4.99 Å². The second-order valence-electron chi connectivity index (χ2n) is 4.34. The van der Waals surface area contributed by atoms with E-state index in [4.69, 9.17) is 5.26 Å². The molecular formula is C11H9F3N4O2. The molecule has 0 radical (unpaired) electrons. The maximum atomic E-state index is 13.3. The topological polar surface area (TPSA) is 91.3 Å². The van der Waals surface area contributed by atoms with Crippen LogP contribution in [-0.4, -0.2) is 28.5 Å². The zero-order valence-electron chi connectivity index (χ0n) is 10.4. The number of halogens is 3. The minimum absolute atomic E-state index is 0.192. The van der Waals surface area contributed by atoms with Crippen molar-refractivity contribution in [2.45, 2.75) is 25.7 Å². The summed E-state index contributed by atoms with van der Waals surface area (Å²) in [5.41, 5.74) is -3.39. The maximum Gasteiger partial charge on any atom is 0.439 e. The lowest BCUT2D eigenvalue weighted by molar-refractivity contribution is -0.181. The third-order valence-electron chi connectivity index (χ3n) is 2.86. The molecule has 1 N–H and O–H groups in total. The van der Waals surface area contributed by atoms with E-state index in [1.54, 1.807) is 0 Å². The van der Waals surface area contributed by atoms with Crippen molar-refractivity contribution in [1.82, 2.24) is 5.16 Å². The molecular weight excluding hydrogens is 277 g/mol. The summed E-state index contributed by atoms with van der Waals surface area (Å²) >= 11 is 0. The molecule has 9 heteroatoms. The van der Waals surface area contributed by atoms with Crippen LogP contribution in [0.1, 0.15) is 12.7 Å². The molecule has 106 valence electrons. The van der Waals surface area contributed by atoms with Gasteiger partial charge < -0.3 is 9.84 Å². The third-order valence-corrected chi connectivity index (χ3v) is 2.86. The molecule has 2 rings (SSSR count). The quantitative estimate of drug-likeness (QED) is 0.895. The number of aliphatic imine (C=N–C) groups is 1. The summed E-state index contributed by atoms with van der Waals surface area (Å²) in [6.45, 7) is 2.69. The Hall–Kier alpha value is -2.37. The Kier molecular flexibility index (Phi) is 3.04. The van der Waals surface area contributed by atoms with Crippen LogP contribution in [0.3, 0.4) is 0 Å². The fraction of sp³-hybridized carbons (Fsp3) is 0.455. The predicted octanol–water partition coefficient (Wildman–Crippen LogP) is 1.84. The van der Waals surface area contributed by atoms with E-state index in [-0.39, 0.29) is 17.3 Å². The maximum absolute atomic E-state index is 13.3. The average Bonchev–Trinajstić information content (AvgIpc) is 2.82. The normalized spacial score (nSPS) is 26.3. The summed E-state index contributed by atoms with van der Waals surface area (Å²) in [7, 11) is 0. The molecule has 6 nitrogen and oxygen atoms in total. The van der Waals surface area contributed by atoms with Crippen LogP contribution >= 0.6 is 0 Å². The van der Waals surface area contributed by atoms with Crippen molar-refractivity contribution in [3.05, 3.63) is 11.8 Å². The monoisotopic (exact) mass is 286 g/mol. The molecule has 0 fully saturated rings. The van der Waals surface area contributed by atoms with E-state index in [2.05, 4.69) is 14.7 Å². The highest BCUT2D eigenvalue weighted by molar-refractivity contribution is 6.16. The fourth-order valence-corrected chi connectivity index (χ4v) is 1.91. The van der Waals surface area contributed by atoms with Gasteiger partial charge in [0.15, 0.2) is 5.82 Å². The van der Waals surface area contributed by atoms with Crippen LogP contribution in [-0.2, 0) is 4.79 Å². The minimum Gasteiger partial charge on any atom is -0.360 e. The molecule has 0 amide bonds. The number of hydrogen-bond donors (Lipinski definition) is 1. The minimum atomic E-state index is -5.01. The molecule has 2 heterocycles. The molecule has 1 aromatic heterocycles. The molecule has 0 unspecified atom stereocenters. The van der Waals surface area contributed by atoms with Crippen LogP contribution in [0.4, 0.5) is 19.0 Å². The average molecular weight is 286 g/mol. The Labute approximate surface area is 111 Å². The first kappa shape index (κ1) is 14.0. The van der Waals surface area contributed by atoms with Gasteiger partial charge in [0, 0.05) is 11.8 Å². The van der Waals surface area contributed by atoms with Gasteiger partial charge in [0.05, 0.1) is 6.07 Å². The number of rotatable bonds is 2. The summed E-state index contributed by atoms with van der Waals surface area (Å²) in [5.74, 6) is -2.90. The molecule has 1 aliphatic heterocycles. The lowest BCUT2D eigenvalue weighted by Crippen LogP contribution is -2.55. The molecule has 0 saturated carbocycles. The number of aryl methyl sites for hydroxylation is 1. The van der Waals surface area contributed by atoms with Crippen molar-refractivity contribution in [1.29, 1.82) is 5.26 Å². The van der Waals surface area contributed by atoms with Gasteiger partial charge in [0.25, 0.3) is 5.66 Å². The number of hydrogen-bond acceptors (Lipinski definition) is 6. The number of nitrogens with one attached hydrogen (secondary N) is 1. The van der Waals surface area contributed by atoms with Gasteiger partial charge in [-0.1, -0.05) is 5.16 Å². The molecule has 2 atom stereocenters. The Morgan fingerprint density at radius 1 is 1.50 bits per heavy atom. The Bertz CT molecular complexity index is 628. The van der Waals surface area contributed by atoms with Crippen molar-refractivity contribution < 1.29 is 22.5 Å². The number of carbonyl (C=O) groups excluding carboxylic acids is 1. The largest absolute Gasteiger partial charge is 0.439 e. The number of nitrogens with zero attached hydrogens (tertiary/aromatic N) is 3. The lowest BCUT2D eigenvalue weighted by Gasteiger charge is -2.28. The standard InChI is InChI=1S/C11H9F3N4O2/c1-5-3-8(18-20-5)17-10(11(12,13)14)9(19)7(4-15)6(2)16-10/h3,7H,1-2H3,(H,17,18)/t7-,10+/m0/s1. The zero-order chi connectivity index (χ0) is 15.1. The number of Topliss-reactive ketones (excluding diaryl/α,β-unsaturated/α-hetero) is 1. The van der Waals surface area contributed by atoms with Crippen molar-refractivity contribution >= 4 is 17.3 Å². The Morgan fingerprint density at radius 3 is 2.55 bits per heavy atom. The highest BCUT2D eigenvalue weighted by atomic mass is 19.4. The Balaban J connectivity index is 2.49. The van der Waals surface area contributed by atoms with Gasteiger partial charge >= 0.3 is 6.18 Å². The lowest BCUT2D eigenvalue weighted by atomic mass is 9.95. The number of aromatic nitrogens is 1. The predicted molar refractivity (Wildman–Crippen MR) is 60.9 cm³/mol. The molecule has 1 aliphatic rings. The van der Waals surface area contributed by atoms with Crippen LogP contribution in [0.25, 0.3) is 0 Å². The highest BCUT2D eigenvalue weighted by Gasteiger charge is 2.66. The molecule has 0 saturated heterocycles. The van der Waals surface area contributed by atoms with E-state index in [1.165, 1.54) is 26.0 Å². The van der Waals surface area contributed by atoms with E-state index >= 15 is 0 Å². The molecule has 0 spiro atoms. The third kappa shape index (κ3) is 1.93. The summed E-state index contributed by atoms with van der Waals surface area (Å²) < 4.78 is 44.5. The van der Waals surface area contributed by atoms with Crippen LogP contribution in [0, 0.1) is 24.2 Å². The fourth-order valence-electron chi connectivity index (χ4n) is 1.91. The van der Waals surface area contributed by atoms with Crippen LogP contribution in [0.2, 0.25) is 0 Å².